The molecular weight excluding hydrogens is 811 g/mol. The second-order valence-corrected chi connectivity index (χ2v) is 17.3. The van der Waals surface area contributed by atoms with E-state index < -0.39 is 0 Å². The van der Waals surface area contributed by atoms with Gasteiger partial charge >= 0.3 is 0 Å². The van der Waals surface area contributed by atoms with E-state index in [1.807, 2.05) is 0 Å². The molecule has 0 bridgehead atoms. The summed E-state index contributed by atoms with van der Waals surface area (Å²) in [4.78, 5) is 2.36. The lowest BCUT2D eigenvalue weighted by Gasteiger charge is -2.26. The molecule has 0 aliphatic carbocycles. The van der Waals surface area contributed by atoms with E-state index >= 15 is 0 Å². The minimum absolute atomic E-state index is 1.09. The highest BCUT2D eigenvalue weighted by atomic mass is 15.1. The van der Waals surface area contributed by atoms with Crippen LogP contribution in [0, 0.1) is 0 Å². The predicted molar refractivity (Wildman–Crippen MR) is 284 cm³/mol. The van der Waals surface area contributed by atoms with Gasteiger partial charge in [0.25, 0.3) is 0 Å². The third-order valence-corrected chi connectivity index (χ3v) is 13.5. The molecule has 314 valence electrons. The van der Waals surface area contributed by atoms with Crippen molar-refractivity contribution in [3.05, 3.63) is 261 Å². The molecule has 67 heavy (non-hydrogen) atoms. The van der Waals surface area contributed by atoms with Gasteiger partial charge in [-0.2, -0.15) is 0 Å². The molecule has 3 nitrogen and oxygen atoms in total. The van der Waals surface area contributed by atoms with Crippen molar-refractivity contribution in [1.82, 2.24) is 9.13 Å². The van der Waals surface area contributed by atoms with Gasteiger partial charge in [-0.25, -0.2) is 0 Å². The third-order valence-electron chi connectivity index (χ3n) is 13.5. The minimum Gasteiger partial charge on any atom is -0.311 e. The van der Waals surface area contributed by atoms with Gasteiger partial charge < -0.3 is 14.0 Å². The Morgan fingerprint density at radius 3 is 1.19 bits per heavy atom. The lowest BCUT2D eigenvalue weighted by molar-refractivity contribution is 1.18. The van der Waals surface area contributed by atoms with Crippen molar-refractivity contribution in [2.75, 3.05) is 4.90 Å². The first-order valence-corrected chi connectivity index (χ1v) is 23.0. The molecule has 0 unspecified atom stereocenters. The first-order chi connectivity index (χ1) is 33.2. The zero-order valence-electron chi connectivity index (χ0n) is 36.7. The predicted octanol–water partition coefficient (Wildman–Crippen LogP) is 17.5. The Morgan fingerprint density at radius 2 is 0.627 bits per heavy atom. The minimum atomic E-state index is 1.09. The Bertz CT molecular complexity index is 3880. The highest BCUT2D eigenvalue weighted by Crippen LogP contribution is 2.40. The summed E-state index contributed by atoms with van der Waals surface area (Å²) in [6, 6.07) is 94.8. The van der Waals surface area contributed by atoms with E-state index in [9.17, 15) is 0 Å². The number of anilines is 3. The fraction of sp³-hybridized carbons (Fsp3) is 0. The Labute approximate surface area is 389 Å². The summed E-state index contributed by atoms with van der Waals surface area (Å²) in [6.45, 7) is 0. The number of nitrogens with zero attached hydrogens (tertiary/aromatic N) is 3. The molecule has 0 radical (unpaired) electrons. The standard InChI is InChI=1S/C64H43N3/c1-2-15-50(16-3-1)66-63-24-11-8-20-59(63)60-43-49(33-42-64(60)66)46-29-36-52(37-30-46)65(53-40-31-48(32-41-53)56-21-12-14-47-13-4-5-17-55(47)56)51-34-25-44(26-35-51)45-27-38-54(39-28-45)67-61-22-9-6-18-57(61)58-19-7-10-23-62(58)67/h1-43H. The van der Waals surface area contributed by atoms with Crippen LogP contribution in [0.4, 0.5) is 17.1 Å². The first-order valence-electron chi connectivity index (χ1n) is 23.0. The fourth-order valence-corrected chi connectivity index (χ4v) is 10.3. The molecule has 0 spiro atoms. The van der Waals surface area contributed by atoms with Gasteiger partial charge in [0.1, 0.15) is 0 Å². The molecule has 3 heteroatoms. The van der Waals surface area contributed by atoms with Crippen molar-refractivity contribution in [3.8, 4) is 44.8 Å². The van der Waals surface area contributed by atoms with Gasteiger partial charge in [0, 0.05) is 50.0 Å². The van der Waals surface area contributed by atoms with E-state index in [0.29, 0.717) is 0 Å². The number of hydrogen-bond acceptors (Lipinski definition) is 1. The van der Waals surface area contributed by atoms with Gasteiger partial charge in [-0.15, -0.1) is 0 Å². The van der Waals surface area contributed by atoms with Gasteiger partial charge in [-0.1, -0.05) is 170 Å². The van der Waals surface area contributed by atoms with Crippen molar-refractivity contribution in [2.24, 2.45) is 0 Å². The molecule has 13 aromatic rings. The van der Waals surface area contributed by atoms with Crippen LogP contribution in [0.3, 0.4) is 0 Å². The molecule has 0 aliphatic rings. The van der Waals surface area contributed by atoms with Gasteiger partial charge in [0.2, 0.25) is 0 Å². The smallest absolute Gasteiger partial charge is 0.0541 e. The first kappa shape index (κ1) is 38.5. The van der Waals surface area contributed by atoms with Gasteiger partial charge in [-0.05, 0) is 135 Å². The van der Waals surface area contributed by atoms with Crippen LogP contribution in [-0.4, -0.2) is 9.13 Å². The molecule has 0 aliphatic heterocycles. The average molecular weight is 854 g/mol. The van der Waals surface area contributed by atoms with Gasteiger partial charge in [0.05, 0.1) is 22.1 Å². The molecule has 13 rings (SSSR count). The second-order valence-electron chi connectivity index (χ2n) is 17.3. The maximum absolute atomic E-state index is 2.37. The molecule has 0 amide bonds. The second kappa shape index (κ2) is 16.0. The van der Waals surface area contributed by atoms with Gasteiger partial charge in [-0.3, -0.25) is 0 Å². The molecule has 0 saturated heterocycles. The summed E-state index contributed by atoms with van der Waals surface area (Å²) >= 11 is 0. The summed E-state index contributed by atoms with van der Waals surface area (Å²) in [5, 5.41) is 7.53. The van der Waals surface area contributed by atoms with Crippen LogP contribution in [-0.2, 0) is 0 Å². The summed E-state index contributed by atoms with van der Waals surface area (Å²) in [6.07, 6.45) is 0. The Morgan fingerprint density at radius 1 is 0.239 bits per heavy atom. The van der Waals surface area contributed by atoms with Crippen molar-refractivity contribution in [2.45, 2.75) is 0 Å². The summed E-state index contributed by atoms with van der Waals surface area (Å²) < 4.78 is 4.74. The maximum atomic E-state index is 2.37. The zero-order valence-corrected chi connectivity index (χ0v) is 36.7. The zero-order chi connectivity index (χ0) is 44.3. The number of para-hydroxylation sites is 4. The molecule has 11 aromatic carbocycles. The topological polar surface area (TPSA) is 13.1 Å². The third kappa shape index (κ3) is 6.59. The summed E-state index contributed by atoms with van der Waals surface area (Å²) in [7, 11) is 0. The van der Waals surface area contributed by atoms with Crippen molar-refractivity contribution in [3.63, 3.8) is 0 Å². The van der Waals surface area contributed by atoms with Crippen LogP contribution in [0.5, 0.6) is 0 Å². The lowest BCUT2D eigenvalue weighted by Crippen LogP contribution is -2.09. The van der Waals surface area contributed by atoms with E-state index in [0.717, 1.165) is 28.4 Å². The lowest BCUT2D eigenvalue weighted by atomic mass is 9.98. The molecule has 2 aromatic heterocycles. The van der Waals surface area contributed by atoms with Crippen molar-refractivity contribution in [1.29, 1.82) is 0 Å². The van der Waals surface area contributed by atoms with E-state index in [4.69, 9.17) is 0 Å². The number of hydrogen-bond donors (Lipinski definition) is 0. The van der Waals surface area contributed by atoms with E-state index in [1.54, 1.807) is 0 Å². The molecule has 0 fully saturated rings. The normalized spacial score (nSPS) is 11.6. The average Bonchev–Trinajstić information content (AvgIpc) is 3.92. The monoisotopic (exact) mass is 853 g/mol. The Hall–Kier alpha value is -8.92. The van der Waals surface area contributed by atoms with Crippen LogP contribution < -0.4 is 4.90 Å². The molecule has 0 atom stereocenters. The molecular formula is C64H43N3. The van der Waals surface area contributed by atoms with Crippen LogP contribution in [0.1, 0.15) is 0 Å². The van der Waals surface area contributed by atoms with E-state index in [2.05, 4.69) is 275 Å². The quantitative estimate of drug-likeness (QED) is 0.148. The molecule has 2 heterocycles. The van der Waals surface area contributed by atoms with E-state index in [-0.39, 0.29) is 0 Å². The fourth-order valence-electron chi connectivity index (χ4n) is 10.3. The molecule has 0 saturated carbocycles. The number of benzene rings is 11. The van der Waals surface area contributed by atoms with E-state index in [1.165, 1.54) is 87.8 Å². The Balaban J connectivity index is 0.862. The number of rotatable bonds is 8. The highest BCUT2D eigenvalue weighted by Gasteiger charge is 2.17. The number of fused-ring (bicyclic) bond motifs is 7. The maximum Gasteiger partial charge on any atom is 0.0541 e. The van der Waals surface area contributed by atoms with Crippen molar-refractivity contribution < 1.29 is 0 Å². The van der Waals surface area contributed by atoms with Gasteiger partial charge in [0.15, 0.2) is 0 Å². The molecule has 0 N–H and O–H groups in total. The van der Waals surface area contributed by atoms with Crippen LogP contribution in [0.25, 0.3) is 99.1 Å². The summed E-state index contributed by atoms with van der Waals surface area (Å²) in [5.41, 5.74) is 17.6. The Kier molecular flexibility index (Phi) is 9.17. The van der Waals surface area contributed by atoms with Crippen LogP contribution >= 0.6 is 0 Å². The van der Waals surface area contributed by atoms with Crippen LogP contribution in [0.15, 0.2) is 261 Å². The largest absolute Gasteiger partial charge is 0.311 e. The van der Waals surface area contributed by atoms with Crippen molar-refractivity contribution >= 4 is 71.4 Å². The SMILES string of the molecule is c1ccc(-n2c3ccccc3c3cc(-c4ccc(N(c5ccc(-c6ccc(-n7c8ccccc8c8ccccc87)cc6)cc5)c5ccc(-c6cccc7ccccc67)cc5)cc4)ccc32)cc1. The van der Waals surface area contributed by atoms with Crippen LogP contribution in [0.2, 0.25) is 0 Å². The number of aromatic nitrogens is 2. The highest BCUT2D eigenvalue weighted by molar-refractivity contribution is 6.11. The summed E-state index contributed by atoms with van der Waals surface area (Å²) in [5.74, 6) is 0.